The molecular formula is C17H17N5O4S. The number of rotatable bonds is 7. The lowest BCUT2D eigenvalue weighted by Gasteiger charge is -2.08. The molecule has 27 heavy (non-hydrogen) atoms. The van der Waals surface area contributed by atoms with Gasteiger partial charge in [0.25, 0.3) is 5.69 Å². The van der Waals surface area contributed by atoms with Gasteiger partial charge in [-0.15, -0.1) is 0 Å². The van der Waals surface area contributed by atoms with E-state index in [2.05, 4.69) is 14.8 Å². The van der Waals surface area contributed by atoms with Crippen molar-refractivity contribution in [3.8, 4) is 0 Å². The van der Waals surface area contributed by atoms with Crippen LogP contribution in [0.5, 0.6) is 0 Å². The number of aromatic nitrogens is 3. The number of nitro benzene ring substituents is 1. The van der Waals surface area contributed by atoms with E-state index in [0.29, 0.717) is 12.1 Å². The van der Waals surface area contributed by atoms with Crippen molar-refractivity contribution in [2.24, 2.45) is 0 Å². The van der Waals surface area contributed by atoms with E-state index < -0.39 is 14.9 Å². The van der Waals surface area contributed by atoms with Gasteiger partial charge < -0.3 is 0 Å². The van der Waals surface area contributed by atoms with Crippen molar-refractivity contribution in [2.45, 2.75) is 24.9 Å². The van der Waals surface area contributed by atoms with Gasteiger partial charge in [-0.1, -0.05) is 30.3 Å². The molecule has 0 unspecified atom stereocenters. The van der Waals surface area contributed by atoms with Crippen LogP contribution in [0.4, 0.5) is 5.69 Å². The average molecular weight is 387 g/mol. The number of hydrogen-bond acceptors (Lipinski definition) is 6. The van der Waals surface area contributed by atoms with E-state index in [1.807, 2.05) is 24.3 Å². The van der Waals surface area contributed by atoms with Gasteiger partial charge in [-0.25, -0.2) is 22.8 Å². The number of nitrogens with one attached hydrogen (secondary N) is 1. The molecule has 3 aromatic rings. The number of aryl methyl sites for hydroxylation is 1. The largest absolute Gasteiger partial charge is 0.273 e. The van der Waals surface area contributed by atoms with Gasteiger partial charge in [0.05, 0.1) is 16.4 Å². The number of nitrogens with zero attached hydrogens (tertiary/aromatic N) is 4. The quantitative estimate of drug-likeness (QED) is 0.489. The highest BCUT2D eigenvalue weighted by molar-refractivity contribution is 7.89. The van der Waals surface area contributed by atoms with E-state index in [-0.39, 0.29) is 17.1 Å². The van der Waals surface area contributed by atoms with Gasteiger partial charge in [0.1, 0.15) is 12.7 Å². The third kappa shape index (κ3) is 4.54. The fourth-order valence-electron chi connectivity index (χ4n) is 2.48. The van der Waals surface area contributed by atoms with Gasteiger partial charge in [-0.2, -0.15) is 5.10 Å². The second-order valence-electron chi connectivity index (χ2n) is 5.94. The Hall–Kier alpha value is -3.11. The average Bonchev–Trinajstić information content (AvgIpc) is 3.14. The Morgan fingerprint density at radius 3 is 2.48 bits per heavy atom. The van der Waals surface area contributed by atoms with Crippen molar-refractivity contribution in [1.82, 2.24) is 19.5 Å². The van der Waals surface area contributed by atoms with E-state index in [1.54, 1.807) is 17.9 Å². The molecule has 0 radical (unpaired) electrons. The lowest BCUT2D eigenvalue weighted by Crippen LogP contribution is -2.23. The van der Waals surface area contributed by atoms with E-state index in [1.165, 1.54) is 18.5 Å². The minimum absolute atomic E-state index is 0.0770. The van der Waals surface area contributed by atoms with Gasteiger partial charge in [-0.3, -0.25) is 10.1 Å². The Kier molecular flexibility index (Phi) is 5.28. The number of benzene rings is 2. The maximum atomic E-state index is 12.4. The first-order chi connectivity index (χ1) is 12.8. The Bertz CT molecular complexity index is 1050. The van der Waals surface area contributed by atoms with Gasteiger partial charge in [-0.05, 0) is 24.1 Å². The molecule has 0 saturated carbocycles. The molecule has 1 N–H and O–H groups in total. The summed E-state index contributed by atoms with van der Waals surface area (Å²) in [6.07, 6.45) is 3.07. The molecular weight excluding hydrogens is 370 g/mol. The van der Waals surface area contributed by atoms with E-state index >= 15 is 0 Å². The summed E-state index contributed by atoms with van der Waals surface area (Å²) in [5.41, 5.74) is 1.95. The van der Waals surface area contributed by atoms with Crippen LogP contribution in [0.2, 0.25) is 0 Å². The second kappa shape index (κ2) is 7.64. The zero-order valence-electron chi connectivity index (χ0n) is 14.4. The monoisotopic (exact) mass is 387 g/mol. The molecule has 0 aliphatic carbocycles. The first-order valence-corrected chi connectivity index (χ1v) is 9.48. The van der Waals surface area contributed by atoms with Crippen LogP contribution in [-0.2, 0) is 23.1 Å². The molecule has 0 aliphatic rings. The van der Waals surface area contributed by atoms with E-state index in [0.717, 1.165) is 17.2 Å². The van der Waals surface area contributed by atoms with Gasteiger partial charge in [0, 0.05) is 18.2 Å². The van der Waals surface area contributed by atoms with Crippen LogP contribution in [0.3, 0.4) is 0 Å². The first-order valence-electron chi connectivity index (χ1n) is 8.00. The molecule has 0 fully saturated rings. The summed E-state index contributed by atoms with van der Waals surface area (Å²) in [5.74, 6) is 0. The van der Waals surface area contributed by atoms with Gasteiger partial charge in [0.2, 0.25) is 10.0 Å². The molecule has 9 nitrogen and oxygen atoms in total. The highest BCUT2D eigenvalue weighted by Gasteiger charge is 2.19. The zero-order chi connectivity index (χ0) is 19.4. The molecule has 0 spiro atoms. The molecule has 0 saturated heterocycles. The smallest absolute Gasteiger partial charge is 0.258 e. The molecule has 0 atom stereocenters. The van der Waals surface area contributed by atoms with Crippen LogP contribution in [0.25, 0.3) is 0 Å². The van der Waals surface area contributed by atoms with E-state index in [4.69, 9.17) is 0 Å². The topological polar surface area (TPSA) is 120 Å². The highest BCUT2D eigenvalue weighted by Crippen LogP contribution is 2.22. The van der Waals surface area contributed by atoms with Crippen LogP contribution < -0.4 is 4.72 Å². The molecule has 140 valence electrons. The predicted molar refractivity (Wildman–Crippen MR) is 97.4 cm³/mol. The van der Waals surface area contributed by atoms with Crippen molar-refractivity contribution in [2.75, 3.05) is 0 Å². The summed E-state index contributed by atoms with van der Waals surface area (Å²) in [4.78, 5) is 14.2. The van der Waals surface area contributed by atoms with Crippen LogP contribution in [-0.4, -0.2) is 28.1 Å². The third-order valence-corrected chi connectivity index (χ3v) is 5.39. The fourth-order valence-corrected chi connectivity index (χ4v) is 3.52. The van der Waals surface area contributed by atoms with Crippen LogP contribution in [0.15, 0.2) is 60.0 Å². The Morgan fingerprint density at radius 1 is 1.15 bits per heavy atom. The molecule has 0 bridgehead atoms. The minimum atomic E-state index is -3.86. The molecule has 1 heterocycles. The van der Waals surface area contributed by atoms with Crippen LogP contribution in [0, 0.1) is 17.0 Å². The summed E-state index contributed by atoms with van der Waals surface area (Å²) in [6.45, 7) is 2.20. The molecule has 2 aromatic carbocycles. The molecule has 1 aromatic heterocycles. The van der Waals surface area contributed by atoms with E-state index in [9.17, 15) is 18.5 Å². The summed E-state index contributed by atoms with van der Waals surface area (Å²) < 4.78 is 29.0. The standard InChI is InChI=1S/C17H17N5O4S/c1-13-2-7-16(8-17(13)22(23)24)27(25,26)20-9-14-3-5-15(6-4-14)10-21-12-18-11-19-21/h2-8,11-12,20H,9-10H2,1H3. The summed E-state index contributed by atoms with van der Waals surface area (Å²) in [7, 11) is -3.86. The van der Waals surface area contributed by atoms with Crippen LogP contribution in [0.1, 0.15) is 16.7 Å². The van der Waals surface area contributed by atoms with Gasteiger partial charge >= 0.3 is 0 Å². The predicted octanol–water partition coefficient (Wildman–Crippen LogP) is 2.02. The Balaban J connectivity index is 1.68. The lowest BCUT2D eigenvalue weighted by atomic mass is 10.1. The van der Waals surface area contributed by atoms with Crippen LogP contribution >= 0.6 is 0 Å². The SMILES string of the molecule is Cc1ccc(S(=O)(=O)NCc2ccc(Cn3cncn3)cc2)cc1[N+](=O)[O-]. The maximum Gasteiger partial charge on any atom is 0.273 e. The molecule has 10 heteroatoms. The van der Waals surface area contributed by atoms with Gasteiger partial charge in [0.15, 0.2) is 0 Å². The number of hydrogen-bond donors (Lipinski definition) is 1. The number of sulfonamides is 1. The highest BCUT2D eigenvalue weighted by atomic mass is 32.2. The molecule has 3 rings (SSSR count). The lowest BCUT2D eigenvalue weighted by molar-refractivity contribution is -0.385. The second-order valence-corrected chi connectivity index (χ2v) is 7.71. The maximum absolute atomic E-state index is 12.4. The molecule has 0 aliphatic heterocycles. The number of nitro groups is 1. The molecule has 0 amide bonds. The fraction of sp³-hybridized carbons (Fsp3) is 0.176. The Labute approximate surface area is 155 Å². The zero-order valence-corrected chi connectivity index (χ0v) is 15.3. The normalized spacial score (nSPS) is 11.4. The summed E-state index contributed by atoms with van der Waals surface area (Å²) in [5, 5.41) is 15.0. The van der Waals surface area contributed by atoms with Crippen molar-refractivity contribution < 1.29 is 13.3 Å². The summed E-state index contributed by atoms with van der Waals surface area (Å²) in [6, 6.07) is 11.2. The van der Waals surface area contributed by atoms with Crippen molar-refractivity contribution >= 4 is 15.7 Å². The first kappa shape index (κ1) is 18.7. The van der Waals surface area contributed by atoms with Crippen molar-refractivity contribution in [1.29, 1.82) is 0 Å². The van der Waals surface area contributed by atoms with Crippen molar-refractivity contribution in [3.05, 3.63) is 81.9 Å². The third-order valence-electron chi connectivity index (χ3n) is 3.99. The summed E-state index contributed by atoms with van der Waals surface area (Å²) >= 11 is 0. The minimum Gasteiger partial charge on any atom is -0.258 e. The van der Waals surface area contributed by atoms with Crippen molar-refractivity contribution in [3.63, 3.8) is 0 Å². The Morgan fingerprint density at radius 2 is 1.85 bits per heavy atom.